The van der Waals surface area contributed by atoms with Gasteiger partial charge < -0.3 is 14.6 Å². The lowest BCUT2D eigenvalue weighted by Crippen LogP contribution is -2.17. The third kappa shape index (κ3) is 3.88. The van der Waals surface area contributed by atoms with E-state index in [-0.39, 0.29) is 17.1 Å². The number of para-hydroxylation sites is 3. The molecule has 7 heteroatoms. The number of hydrogen-bond donors (Lipinski definition) is 1. The molecule has 0 unspecified atom stereocenters. The molecule has 1 N–H and O–H groups in total. The van der Waals surface area contributed by atoms with Crippen LogP contribution in [0.15, 0.2) is 48.5 Å². The minimum Gasteiger partial charge on any atom is -0.478 e. The van der Waals surface area contributed by atoms with Gasteiger partial charge in [-0.2, -0.15) is 0 Å². The molecule has 21 heavy (non-hydrogen) atoms. The van der Waals surface area contributed by atoms with E-state index in [4.69, 9.17) is 9.84 Å². The Hall–Kier alpha value is -2.70. The second kappa shape index (κ2) is 5.74. The Morgan fingerprint density at radius 2 is 1.43 bits per heavy atom. The summed E-state index contributed by atoms with van der Waals surface area (Å²) in [4.78, 5) is 11.0. The molecule has 0 heterocycles. The van der Waals surface area contributed by atoms with Gasteiger partial charge in [-0.3, -0.25) is 0 Å². The van der Waals surface area contributed by atoms with E-state index in [0.29, 0.717) is 0 Å². The van der Waals surface area contributed by atoms with Gasteiger partial charge in [0, 0.05) is 0 Å². The molecule has 110 valence electrons. The number of carbonyl (C=O) groups is 1. The van der Waals surface area contributed by atoms with Crippen molar-refractivity contribution in [3.8, 4) is 17.2 Å². The van der Waals surface area contributed by atoms with Crippen molar-refractivity contribution >= 4 is 5.97 Å². The van der Waals surface area contributed by atoms with E-state index in [0.717, 1.165) is 6.07 Å². The fourth-order valence-electron chi connectivity index (χ4n) is 1.59. The van der Waals surface area contributed by atoms with Crippen LogP contribution in [0.1, 0.15) is 10.4 Å². The van der Waals surface area contributed by atoms with E-state index in [1.807, 2.05) is 0 Å². The zero-order chi connectivity index (χ0) is 15.5. The van der Waals surface area contributed by atoms with E-state index in [1.165, 1.54) is 42.5 Å². The smallest absolute Gasteiger partial charge is 0.478 e. The summed E-state index contributed by atoms with van der Waals surface area (Å²) in [6.45, 7) is 0. The van der Waals surface area contributed by atoms with Crippen LogP contribution in [0.25, 0.3) is 0 Å². The Bertz CT molecular complexity index is 653. The number of benzene rings is 2. The van der Waals surface area contributed by atoms with Crippen LogP contribution in [0.4, 0.5) is 13.2 Å². The zero-order valence-electron chi connectivity index (χ0n) is 10.4. The minimum absolute atomic E-state index is 0.0803. The number of carboxylic acids is 1. The van der Waals surface area contributed by atoms with Gasteiger partial charge in [0.1, 0.15) is 11.3 Å². The molecule has 0 spiro atoms. The van der Waals surface area contributed by atoms with Crippen LogP contribution in [0.5, 0.6) is 17.2 Å². The second-order valence-electron chi connectivity index (χ2n) is 3.90. The van der Waals surface area contributed by atoms with Gasteiger partial charge in [-0.25, -0.2) is 4.79 Å². The molecule has 0 saturated carbocycles. The Balaban J connectivity index is 2.35. The summed E-state index contributed by atoms with van der Waals surface area (Å²) in [5.74, 6) is -2.11. The van der Waals surface area contributed by atoms with E-state index in [1.54, 1.807) is 0 Å². The van der Waals surface area contributed by atoms with Crippen molar-refractivity contribution in [2.45, 2.75) is 6.36 Å². The fraction of sp³-hybridized carbons (Fsp3) is 0.0714. The van der Waals surface area contributed by atoms with Gasteiger partial charge in [-0.15, -0.1) is 13.2 Å². The van der Waals surface area contributed by atoms with Crippen molar-refractivity contribution in [1.29, 1.82) is 0 Å². The molecule has 0 radical (unpaired) electrons. The van der Waals surface area contributed by atoms with Crippen LogP contribution in [-0.2, 0) is 0 Å². The van der Waals surface area contributed by atoms with Crippen molar-refractivity contribution < 1.29 is 32.5 Å². The highest BCUT2D eigenvalue weighted by Crippen LogP contribution is 2.35. The first kappa shape index (κ1) is 14.7. The van der Waals surface area contributed by atoms with Gasteiger partial charge in [0.25, 0.3) is 0 Å². The van der Waals surface area contributed by atoms with E-state index < -0.39 is 18.1 Å². The standard InChI is InChI=1S/C14H9F3O4/c15-14(16,17)21-12-8-4-3-7-11(12)20-10-6-2-1-5-9(10)13(18)19/h1-8H,(H,18,19). The quantitative estimate of drug-likeness (QED) is 0.924. The summed E-state index contributed by atoms with van der Waals surface area (Å²) in [6.07, 6.45) is -4.87. The summed E-state index contributed by atoms with van der Waals surface area (Å²) in [6, 6.07) is 10.7. The molecular weight excluding hydrogens is 289 g/mol. The van der Waals surface area contributed by atoms with Crippen molar-refractivity contribution in [1.82, 2.24) is 0 Å². The average Bonchev–Trinajstić information content (AvgIpc) is 2.40. The Morgan fingerprint density at radius 3 is 2.00 bits per heavy atom. The molecule has 2 aromatic rings. The van der Waals surface area contributed by atoms with Crippen LogP contribution < -0.4 is 9.47 Å². The largest absolute Gasteiger partial charge is 0.573 e. The maximum atomic E-state index is 12.3. The Morgan fingerprint density at radius 1 is 0.905 bits per heavy atom. The predicted octanol–water partition coefficient (Wildman–Crippen LogP) is 4.08. The first-order valence-corrected chi connectivity index (χ1v) is 5.72. The van der Waals surface area contributed by atoms with Gasteiger partial charge in [0.05, 0.1) is 0 Å². The van der Waals surface area contributed by atoms with Gasteiger partial charge in [-0.05, 0) is 24.3 Å². The molecule has 0 bridgehead atoms. The molecule has 0 atom stereocenters. The fourth-order valence-corrected chi connectivity index (χ4v) is 1.59. The first-order chi connectivity index (χ1) is 9.87. The predicted molar refractivity (Wildman–Crippen MR) is 66.6 cm³/mol. The maximum absolute atomic E-state index is 12.3. The summed E-state index contributed by atoms with van der Waals surface area (Å²) in [5.41, 5.74) is -0.167. The molecule has 0 aliphatic rings. The number of halogens is 3. The topological polar surface area (TPSA) is 55.8 Å². The number of ether oxygens (including phenoxy) is 2. The molecule has 2 rings (SSSR count). The highest BCUT2D eigenvalue weighted by atomic mass is 19.4. The monoisotopic (exact) mass is 298 g/mol. The number of carboxylic acid groups (broad SMARTS) is 1. The molecule has 0 saturated heterocycles. The first-order valence-electron chi connectivity index (χ1n) is 5.72. The van der Waals surface area contributed by atoms with Crippen LogP contribution >= 0.6 is 0 Å². The van der Waals surface area contributed by atoms with Gasteiger partial charge in [-0.1, -0.05) is 24.3 Å². The highest BCUT2D eigenvalue weighted by Gasteiger charge is 2.32. The number of aromatic carboxylic acids is 1. The molecule has 0 aromatic heterocycles. The SMILES string of the molecule is O=C(O)c1ccccc1Oc1ccccc1OC(F)(F)F. The summed E-state index contributed by atoms with van der Waals surface area (Å²) in [7, 11) is 0. The number of alkyl halides is 3. The molecule has 0 fully saturated rings. The van der Waals surface area contributed by atoms with Crippen molar-refractivity contribution in [3.63, 3.8) is 0 Å². The molecule has 4 nitrogen and oxygen atoms in total. The molecule has 0 amide bonds. The molecule has 0 aliphatic heterocycles. The zero-order valence-corrected chi connectivity index (χ0v) is 10.4. The molecular formula is C14H9F3O4. The lowest BCUT2D eigenvalue weighted by molar-refractivity contribution is -0.275. The normalized spacial score (nSPS) is 11.0. The van der Waals surface area contributed by atoms with E-state index >= 15 is 0 Å². The van der Waals surface area contributed by atoms with Crippen LogP contribution in [-0.4, -0.2) is 17.4 Å². The summed E-state index contributed by atoms with van der Waals surface area (Å²) < 4.78 is 46.0. The minimum atomic E-state index is -4.87. The lowest BCUT2D eigenvalue weighted by atomic mass is 10.2. The van der Waals surface area contributed by atoms with E-state index in [9.17, 15) is 18.0 Å². The summed E-state index contributed by atoms with van der Waals surface area (Å²) >= 11 is 0. The third-order valence-corrected chi connectivity index (χ3v) is 2.41. The van der Waals surface area contributed by atoms with Crippen LogP contribution in [0.2, 0.25) is 0 Å². The lowest BCUT2D eigenvalue weighted by Gasteiger charge is -2.14. The average molecular weight is 298 g/mol. The van der Waals surface area contributed by atoms with Crippen LogP contribution in [0.3, 0.4) is 0 Å². The van der Waals surface area contributed by atoms with Gasteiger partial charge >= 0.3 is 12.3 Å². The maximum Gasteiger partial charge on any atom is 0.573 e. The van der Waals surface area contributed by atoms with Gasteiger partial charge in [0.2, 0.25) is 0 Å². The Kier molecular flexibility index (Phi) is 4.02. The van der Waals surface area contributed by atoms with Crippen molar-refractivity contribution in [2.75, 3.05) is 0 Å². The van der Waals surface area contributed by atoms with E-state index in [2.05, 4.69) is 4.74 Å². The number of rotatable bonds is 4. The Labute approximate surface area is 117 Å². The molecule has 2 aromatic carbocycles. The van der Waals surface area contributed by atoms with Crippen LogP contribution in [0, 0.1) is 0 Å². The van der Waals surface area contributed by atoms with Crippen molar-refractivity contribution in [2.24, 2.45) is 0 Å². The van der Waals surface area contributed by atoms with Crippen molar-refractivity contribution in [3.05, 3.63) is 54.1 Å². The van der Waals surface area contributed by atoms with Gasteiger partial charge in [0.15, 0.2) is 11.5 Å². The number of hydrogen-bond acceptors (Lipinski definition) is 3. The molecule has 0 aliphatic carbocycles. The highest BCUT2D eigenvalue weighted by molar-refractivity contribution is 5.90. The third-order valence-electron chi connectivity index (χ3n) is 2.41. The second-order valence-corrected chi connectivity index (χ2v) is 3.90. The summed E-state index contributed by atoms with van der Waals surface area (Å²) in [5, 5.41) is 9.01.